The molecule has 1 unspecified atom stereocenters. The number of ether oxygens (including phenoxy) is 1. The highest BCUT2D eigenvalue weighted by atomic mass is 19.1. The van der Waals surface area contributed by atoms with E-state index in [-0.39, 0.29) is 24.4 Å². The summed E-state index contributed by atoms with van der Waals surface area (Å²) in [6, 6.07) is 6.18. The number of halogens is 1. The largest absolute Gasteiger partial charge is 0.443 e. The normalized spacial score (nSPS) is 17.9. The van der Waals surface area contributed by atoms with Gasteiger partial charge in [0.15, 0.2) is 0 Å². The topological polar surface area (TPSA) is 55.6 Å². The Hall–Kier alpha value is -2.21. The zero-order valence-electron chi connectivity index (χ0n) is 13.7. The van der Waals surface area contributed by atoms with Crippen LogP contribution in [0.1, 0.15) is 42.5 Å². The molecule has 0 aliphatic carbocycles. The fourth-order valence-electron chi connectivity index (χ4n) is 3.06. The van der Waals surface area contributed by atoms with Crippen LogP contribution in [0.15, 0.2) is 34.9 Å². The monoisotopic (exact) mass is 332 g/mol. The fraction of sp³-hybridized carbons (Fsp3) is 0.444. The molecule has 1 fully saturated rings. The second-order valence-corrected chi connectivity index (χ2v) is 6.00. The van der Waals surface area contributed by atoms with Crippen molar-refractivity contribution < 1.29 is 18.3 Å². The smallest absolute Gasteiger partial charge is 0.249 e. The van der Waals surface area contributed by atoms with Gasteiger partial charge in [0.1, 0.15) is 24.2 Å². The van der Waals surface area contributed by atoms with E-state index in [9.17, 15) is 9.18 Å². The number of hydrogen-bond acceptors (Lipinski definition) is 4. The van der Waals surface area contributed by atoms with E-state index in [1.165, 1.54) is 19.2 Å². The average Bonchev–Trinajstić information content (AvgIpc) is 3.05. The molecule has 1 amide bonds. The van der Waals surface area contributed by atoms with Crippen molar-refractivity contribution in [3.8, 4) is 0 Å². The lowest BCUT2D eigenvalue weighted by Gasteiger charge is -2.33. The molecule has 128 valence electrons. The Morgan fingerprint density at radius 3 is 2.92 bits per heavy atom. The lowest BCUT2D eigenvalue weighted by molar-refractivity contribution is -0.139. The van der Waals surface area contributed by atoms with Crippen LogP contribution in [0.5, 0.6) is 0 Å². The van der Waals surface area contributed by atoms with Crippen molar-refractivity contribution in [2.45, 2.75) is 31.7 Å². The number of carbonyl (C=O) groups excluding carboxylic acids is 1. The highest BCUT2D eigenvalue weighted by molar-refractivity contribution is 5.77. The third kappa shape index (κ3) is 3.82. The molecule has 0 N–H and O–H groups in total. The molecule has 0 radical (unpaired) electrons. The van der Waals surface area contributed by atoms with Gasteiger partial charge in [-0.1, -0.05) is 12.1 Å². The predicted molar refractivity (Wildman–Crippen MR) is 85.9 cm³/mol. The summed E-state index contributed by atoms with van der Waals surface area (Å²) in [7, 11) is 1.52. The average molecular weight is 332 g/mol. The van der Waals surface area contributed by atoms with Gasteiger partial charge in [0.05, 0.1) is 6.20 Å². The number of nitrogens with zero attached hydrogens (tertiary/aromatic N) is 2. The molecule has 6 heteroatoms. The molecule has 1 aliphatic rings. The molecule has 1 aromatic carbocycles. The first-order valence-corrected chi connectivity index (χ1v) is 8.15. The van der Waals surface area contributed by atoms with E-state index in [1.54, 1.807) is 23.2 Å². The second kappa shape index (κ2) is 7.57. The maximum Gasteiger partial charge on any atom is 0.249 e. The minimum absolute atomic E-state index is 0.0412. The molecule has 1 saturated heterocycles. The molecule has 0 spiro atoms. The summed E-state index contributed by atoms with van der Waals surface area (Å²) < 4.78 is 23.8. The highest BCUT2D eigenvalue weighted by Gasteiger charge is 2.31. The maximum absolute atomic E-state index is 13.0. The third-order valence-corrected chi connectivity index (χ3v) is 4.24. The number of rotatable bonds is 5. The number of methoxy groups -OCH3 is 1. The van der Waals surface area contributed by atoms with Gasteiger partial charge in [-0.25, -0.2) is 9.37 Å². The number of amides is 1. The third-order valence-electron chi connectivity index (χ3n) is 4.24. The van der Waals surface area contributed by atoms with Crippen molar-refractivity contribution in [2.75, 3.05) is 20.3 Å². The quantitative estimate of drug-likeness (QED) is 0.844. The van der Waals surface area contributed by atoms with Crippen molar-refractivity contribution in [3.63, 3.8) is 0 Å². The molecule has 1 aliphatic heterocycles. The minimum atomic E-state index is -0.258. The maximum atomic E-state index is 13.0. The molecule has 3 rings (SSSR count). The number of likely N-dealkylation sites (tertiary alicyclic amines) is 1. The van der Waals surface area contributed by atoms with E-state index >= 15 is 0 Å². The number of carbonyl (C=O) groups is 1. The first kappa shape index (κ1) is 16.6. The summed E-state index contributed by atoms with van der Waals surface area (Å²) >= 11 is 0. The summed E-state index contributed by atoms with van der Waals surface area (Å²) in [6.45, 7) is 0.766. The van der Waals surface area contributed by atoms with Crippen LogP contribution in [0.25, 0.3) is 0 Å². The summed E-state index contributed by atoms with van der Waals surface area (Å²) in [4.78, 5) is 18.4. The summed E-state index contributed by atoms with van der Waals surface area (Å²) in [6.07, 6.45) is 5.09. The van der Waals surface area contributed by atoms with Crippen LogP contribution in [0.2, 0.25) is 0 Å². The first-order chi connectivity index (χ1) is 11.7. The van der Waals surface area contributed by atoms with E-state index in [2.05, 4.69) is 4.98 Å². The van der Waals surface area contributed by atoms with Gasteiger partial charge < -0.3 is 14.1 Å². The molecular weight excluding hydrogens is 311 g/mol. The number of piperidine rings is 1. The number of hydrogen-bond donors (Lipinski definition) is 0. The molecule has 5 nitrogen and oxygen atoms in total. The van der Waals surface area contributed by atoms with Crippen LogP contribution in [0.4, 0.5) is 4.39 Å². The number of benzene rings is 1. The molecular formula is C18H21FN2O3. The zero-order chi connectivity index (χ0) is 16.9. The molecule has 1 atom stereocenters. The molecule has 24 heavy (non-hydrogen) atoms. The van der Waals surface area contributed by atoms with Gasteiger partial charge in [-0.15, -0.1) is 0 Å². The predicted octanol–water partition coefficient (Wildman–Crippen LogP) is 3.10. The molecule has 0 bridgehead atoms. The van der Waals surface area contributed by atoms with Gasteiger partial charge in [-0.2, -0.15) is 0 Å². The first-order valence-electron chi connectivity index (χ1n) is 8.15. The van der Waals surface area contributed by atoms with Crippen LogP contribution < -0.4 is 0 Å². The summed E-state index contributed by atoms with van der Waals surface area (Å²) in [5.41, 5.74) is 0.954. The van der Waals surface area contributed by atoms with Crippen molar-refractivity contribution in [1.82, 2.24) is 9.88 Å². The Morgan fingerprint density at radius 1 is 1.38 bits per heavy atom. The van der Waals surface area contributed by atoms with Crippen LogP contribution in [-0.2, 0) is 16.0 Å². The van der Waals surface area contributed by atoms with Crippen LogP contribution >= 0.6 is 0 Å². The van der Waals surface area contributed by atoms with E-state index in [4.69, 9.17) is 9.15 Å². The Labute approximate surface area is 140 Å². The Bertz CT molecular complexity index is 684. The van der Waals surface area contributed by atoms with Crippen LogP contribution in [0.3, 0.4) is 0 Å². The van der Waals surface area contributed by atoms with Crippen molar-refractivity contribution >= 4 is 5.91 Å². The van der Waals surface area contributed by atoms with Crippen LogP contribution in [0, 0.1) is 5.82 Å². The Kier molecular flexibility index (Phi) is 5.25. The van der Waals surface area contributed by atoms with Gasteiger partial charge in [-0.3, -0.25) is 4.79 Å². The lowest BCUT2D eigenvalue weighted by atomic mass is 10.0. The Morgan fingerprint density at radius 2 is 2.17 bits per heavy atom. The minimum Gasteiger partial charge on any atom is -0.443 e. The van der Waals surface area contributed by atoms with E-state index in [0.29, 0.717) is 24.6 Å². The zero-order valence-corrected chi connectivity index (χ0v) is 13.7. The van der Waals surface area contributed by atoms with Gasteiger partial charge in [0.25, 0.3) is 0 Å². The van der Waals surface area contributed by atoms with Crippen molar-refractivity contribution in [3.05, 3.63) is 53.5 Å². The van der Waals surface area contributed by atoms with Crippen molar-refractivity contribution in [2.24, 2.45) is 0 Å². The van der Waals surface area contributed by atoms with Crippen LogP contribution in [-0.4, -0.2) is 36.1 Å². The molecule has 2 aromatic rings. The van der Waals surface area contributed by atoms with Gasteiger partial charge in [0, 0.05) is 20.1 Å². The fourth-order valence-corrected chi connectivity index (χ4v) is 3.06. The molecule has 0 saturated carbocycles. The second-order valence-electron chi connectivity index (χ2n) is 6.00. The van der Waals surface area contributed by atoms with E-state index < -0.39 is 0 Å². The lowest BCUT2D eigenvalue weighted by Crippen LogP contribution is -2.40. The van der Waals surface area contributed by atoms with Gasteiger partial charge in [-0.05, 0) is 37.0 Å². The van der Waals surface area contributed by atoms with E-state index in [1.807, 2.05) is 0 Å². The highest BCUT2D eigenvalue weighted by Crippen LogP contribution is 2.31. The number of aromatic nitrogens is 1. The van der Waals surface area contributed by atoms with E-state index in [0.717, 1.165) is 24.8 Å². The molecule has 1 aromatic heterocycles. The molecule has 2 heterocycles. The Balaban J connectivity index is 1.73. The summed E-state index contributed by atoms with van der Waals surface area (Å²) in [5, 5.41) is 0. The van der Waals surface area contributed by atoms with Gasteiger partial charge in [0.2, 0.25) is 11.8 Å². The van der Waals surface area contributed by atoms with Gasteiger partial charge >= 0.3 is 0 Å². The summed E-state index contributed by atoms with van der Waals surface area (Å²) in [5.74, 6) is 0.976. The number of oxazole rings is 1. The standard InChI is InChI=1S/C18H21FN2O3/c1-23-12-17(22)21-9-3-2-4-16(21)18-20-11-15(24-18)10-13-5-7-14(19)8-6-13/h5-8,11,16H,2-4,9-10,12H2,1H3. The van der Waals surface area contributed by atoms with Crippen molar-refractivity contribution in [1.29, 1.82) is 0 Å². The SMILES string of the molecule is COCC(=O)N1CCCCC1c1ncc(Cc2ccc(F)cc2)o1.